The molecule has 140 heavy (non-hydrogen) atoms. The molecule has 3 rings (SSSR count). The Morgan fingerprint density at radius 2 is 0.707 bits per heavy atom. The second-order valence-electron chi connectivity index (χ2n) is 36.9. The van der Waals surface area contributed by atoms with Gasteiger partial charge in [0.15, 0.2) is 0 Å². The Morgan fingerprint density at radius 3 is 1.18 bits per heavy atom. The standard InChI is InChI=1S/C92H145N23O25/c1-18-48(12)74(114-88(135)67(38-70(96)120)110-86(133)65(36-54-24-20-19-21-25-54)109-84(131)63(34-45(6)7)108-85(132)64(35-46(8)9)112-91(138)75(53(17)117)115-82(129)60(29-31-69(95)119)106-79(126)57(93)42-116)90(137)111-61(32-43(2)3)80(127)99-40-71(121)98-41-72(122)104-66(37-55-39-97-58-27-23-22-26-56(55)58)87(134)113-73(47(10)11)89(136)102-50(14)76(123)100-51(15)78(125)105-59(28-30-68(94)118)81(128)107-62(33-44(4)5)83(130)101-49(13)77(124)103-52(16)92(139)140/h19-27,39,43-53,57,59-67,73-75,97,116-117H,18,28-38,40-42,93H2,1-17H3,(H2,94,118)(H2,95,119)(H2,96,120)(H,98,121)(H,99,127)(H,100,123)(H,101,130)(H,102,136)(H,103,124)(H,104,122)(H,105,125)(H,106,126)(H,107,128)(H,108,132)(H,109,131)(H,110,133)(H,111,137)(H,112,138)(H,113,134)(H,114,135)(H,115,129)(H,139,140)/t48-,49-,50-,51-,52-,53+,57-,59-,60-,61-,62-,63-,64-,65-,66-,67-,73-,74-,75-/m0/s1. The number of nitrogens with two attached hydrogens (primary N) is 4. The molecule has 0 fully saturated rings. The van der Waals surface area contributed by atoms with Crippen LogP contribution in [0.5, 0.6) is 0 Å². The highest BCUT2D eigenvalue weighted by Gasteiger charge is 2.41. The van der Waals surface area contributed by atoms with Crippen molar-refractivity contribution in [2.24, 2.45) is 58.4 Å². The van der Waals surface area contributed by atoms with Crippen LogP contribution < -0.4 is 119 Å². The lowest BCUT2D eigenvalue weighted by Gasteiger charge is -2.30. The van der Waals surface area contributed by atoms with Crippen molar-refractivity contribution < 1.29 is 121 Å². The Morgan fingerprint density at radius 1 is 0.350 bits per heavy atom. The van der Waals surface area contributed by atoms with Crippen molar-refractivity contribution in [1.82, 2.24) is 101 Å². The third kappa shape index (κ3) is 42.7. The number of hydrogen-bond acceptors (Lipinski definition) is 25. The van der Waals surface area contributed by atoms with Crippen molar-refractivity contribution in [2.45, 2.75) is 304 Å². The number of fused-ring (bicyclic) bond motifs is 1. The van der Waals surface area contributed by atoms with E-state index in [0.717, 1.165) is 6.92 Å². The summed E-state index contributed by atoms with van der Waals surface area (Å²) in [5.41, 5.74) is 23.7. The number of rotatable bonds is 62. The molecule has 19 atom stereocenters. The zero-order valence-corrected chi connectivity index (χ0v) is 82.4. The number of aliphatic hydroxyl groups is 2. The van der Waals surface area contributed by atoms with E-state index in [1.165, 1.54) is 27.7 Å². The van der Waals surface area contributed by atoms with E-state index in [9.17, 15) is 121 Å². The minimum absolute atomic E-state index is 0.0113. The second kappa shape index (κ2) is 59.5. The third-order valence-electron chi connectivity index (χ3n) is 22.2. The summed E-state index contributed by atoms with van der Waals surface area (Å²) in [5.74, 6) is -24.1. The molecule has 0 aliphatic carbocycles. The van der Waals surface area contributed by atoms with E-state index in [1.54, 1.807) is 144 Å². The normalized spacial score (nSPS) is 15.4. The number of aromatic amines is 1. The molecule has 0 radical (unpaired) electrons. The van der Waals surface area contributed by atoms with Crippen molar-refractivity contribution in [3.8, 4) is 0 Å². The minimum atomic E-state index is -1.85. The number of amides is 21. The number of aliphatic hydroxyl groups excluding tert-OH is 2. The maximum Gasteiger partial charge on any atom is 0.325 e. The third-order valence-corrected chi connectivity index (χ3v) is 22.2. The molecule has 0 saturated carbocycles. The van der Waals surface area contributed by atoms with Gasteiger partial charge in [-0.15, -0.1) is 0 Å². The van der Waals surface area contributed by atoms with Crippen LogP contribution in [0, 0.1) is 35.5 Å². The topological polar surface area (TPSA) is 773 Å². The largest absolute Gasteiger partial charge is 0.480 e. The zero-order valence-electron chi connectivity index (χ0n) is 82.4. The number of aromatic nitrogens is 1. The number of para-hydroxylation sites is 1. The number of nitrogens with one attached hydrogen (secondary N) is 19. The summed E-state index contributed by atoms with van der Waals surface area (Å²) in [5, 5.41) is 74.8. The summed E-state index contributed by atoms with van der Waals surface area (Å²) in [6.45, 7) is 23.9. The van der Waals surface area contributed by atoms with E-state index in [2.05, 4.69) is 101 Å². The van der Waals surface area contributed by atoms with Gasteiger partial charge in [-0.3, -0.25) is 105 Å². The van der Waals surface area contributed by atoms with Crippen LogP contribution in [0.25, 0.3) is 10.9 Å². The van der Waals surface area contributed by atoms with Gasteiger partial charge in [0.25, 0.3) is 0 Å². The fourth-order valence-corrected chi connectivity index (χ4v) is 14.1. The lowest BCUT2D eigenvalue weighted by molar-refractivity contribution is -0.141. The molecule has 2 aromatic carbocycles. The monoisotopic (exact) mass is 1970 g/mol. The van der Waals surface area contributed by atoms with Crippen LogP contribution >= 0.6 is 0 Å². The van der Waals surface area contributed by atoms with Crippen LogP contribution in [0.4, 0.5) is 0 Å². The van der Waals surface area contributed by atoms with Gasteiger partial charge >= 0.3 is 5.97 Å². The average molecular weight is 1970 g/mol. The van der Waals surface area contributed by atoms with Gasteiger partial charge in [-0.25, -0.2) is 0 Å². The van der Waals surface area contributed by atoms with Crippen LogP contribution in [0.1, 0.15) is 193 Å². The fraction of sp³-hybridized carbons (Fsp3) is 0.609. The minimum Gasteiger partial charge on any atom is -0.480 e. The quantitative estimate of drug-likeness (QED) is 0.0250. The molecule has 0 spiro atoms. The molecule has 30 N–H and O–H groups in total. The second-order valence-corrected chi connectivity index (χ2v) is 36.9. The lowest BCUT2D eigenvalue weighted by Crippen LogP contribution is -2.62. The highest BCUT2D eigenvalue weighted by molar-refractivity contribution is 6.03. The Labute approximate surface area is 812 Å². The van der Waals surface area contributed by atoms with Crippen LogP contribution in [0.2, 0.25) is 0 Å². The first kappa shape index (κ1) is 120. The first-order valence-corrected chi connectivity index (χ1v) is 46.6. The molecule has 0 bridgehead atoms. The van der Waals surface area contributed by atoms with E-state index in [0.29, 0.717) is 22.0 Å². The number of carboxylic acid groups (broad SMARTS) is 1. The van der Waals surface area contributed by atoms with E-state index >= 15 is 0 Å². The first-order chi connectivity index (χ1) is 65.5. The highest BCUT2D eigenvalue weighted by atomic mass is 16.4. The molecule has 1 heterocycles. The van der Waals surface area contributed by atoms with Gasteiger partial charge in [-0.05, 0) is 126 Å². The molecule has 778 valence electrons. The number of carbonyl (C=O) groups is 22. The van der Waals surface area contributed by atoms with E-state index in [1.807, 2.05) is 0 Å². The van der Waals surface area contributed by atoms with E-state index < -0.39 is 296 Å². The summed E-state index contributed by atoms with van der Waals surface area (Å²) in [6.07, 6.45) is -3.05. The Kier molecular flexibility index (Phi) is 51.1. The molecular formula is C92H145N23O25. The Hall–Kier alpha value is -13.8. The molecule has 48 heteroatoms. The summed E-state index contributed by atoms with van der Waals surface area (Å²) < 4.78 is 0. The number of hydrogen-bond donors (Lipinski definition) is 26. The fourth-order valence-electron chi connectivity index (χ4n) is 14.1. The van der Waals surface area contributed by atoms with Crippen molar-refractivity contribution in [3.63, 3.8) is 0 Å². The van der Waals surface area contributed by atoms with Crippen molar-refractivity contribution >= 4 is 141 Å². The molecule has 0 aliphatic rings. The predicted molar refractivity (Wildman–Crippen MR) is 509 cm³/mol. The molecule has 0 unspecified atom stereocenters. The number of aliphatic carboxylic acids is 1. The van der Waals surface area contributed by atoms with Gasteiger partial charge in [-0.1, -0.05) is 138 Å². The van der Waals surface area contributed by atoms with Gasteiger partial charge in [0.1, 0.15) is 103 Å². The number of carboxylic acids is 1. The number of H-pyrrole nitrogens is 1. The molecule has 3 aromatic rings. The summed E-state index contributed by atoms with van der Waals surface area (Å²) in [7, 11) is 0. The van der Waals surface area contributed by atoms with Crippen LogP contribution in [-0.4, -0.2) is 279 Å². The average Bonchev–Trinajstić information content (AvgIpc) is 1.66. The number of carbonyl (C=O) groups excluding carboxylic acids is 21. The van der Waals surface area contributed by atoms with Crippen LogP contribution in [-0.2, 0) is 118 Å². The van der Waals surface area contributed by atoms with Gasteiger partial charge in [0.2, 0.25) is 124 Å². The van der Waals surface area contributed by atoms with Crippen molar-refractivity contribution in [3.05, 3.63) is 71.9 Å². The van der Waals surface area contributed by atoms with E-state index in [-0.39, 0.29) is 75.0 Å². The molecule has 1 aromatic heterocycles. The molecular weight excluding hydrogens is 1830 g/mol. The number of primary amides is 3. The first-order valence-electron chi connectivity index (χ1n) is 46.6. The maximum atomic E-state index is 14.8. The van der Waals surface area contributed by atoms with Gasteiger partial charge in [0.05, 0.1) is 32.2 Å². The molecule has 21 amide bonds. The smallest absolute Gasteiger partial charge is 0.325 e. The van der Waals surface area contributed by atoms with Crippen molar-refractivity contribution in [2.75, 3.05) is 19.7 Å². The van der Waals surface area contributed by atoms with Gasteiger partial charge in [0, 0.05) is 42.8 Å². The summed E-state index contributed by atoms with van der Waals surface area (Å²) >= 11 is 0. The summed E-state index contributed by atoms with van der Waals surface area (Å²) in [6, 6.07) is -10.1. The van der Waals surface area contributed by atoms with Gasteiger partial charge in [-0.2, -0.15) is 0 Å². The van der Waals surface area contributed by atoms with E-state index in [4.69, 9.17) is 22.9 Å². The molecule has 48 nitrogen and oxygen atoms in total. The highest BCUT2D eigenvalue weighted by Crippen LogP contribution is 2.22. The maximum absolute atomic E-state index is 14.8. The Balaban J connectivity index is 1.83. The number of benzene rings is 2. The van der Waals surface area contributed by atoms with Crippen LogP contribution in [0.15, 0.2) is 60.8 Å². The van der Waals surface area contributed by atoms with Crippen LogP contribution in [0.3, 0.4) is 0 Å². The Bertz CT molecular complexity index is 4800. The zero-order chi connectivity index (χ0) is 106. The SMILES string of the molecule is CC[C@H](C)[C@H](NC(=O)[C@H](CC(N)=O)NC(=O)[C@H](Cc1ccccc1)NC(=O)[C@H](CC(C)C)NC(=O)[C@H](CC(C)C)NC(=O)[C@@H](NC(=O)[C@H](CCC(N)=O)NC(=O)[C@@H](N)CO)[C@@H](C)O)C(=O)N[C@@H](CC(C)C)C(=O)NCC(=O)NCC(=O)N[C@@H](Cc1c[nH]c2ccccc12)C(=O)N[C@H](C(=O)N[C@@H](C)C(=O)N[C@@H](C)C(=O)N[C@@H](CCC(N)=O)C(=O)N[C@@H](CC(C)C)C(=O)N[C@@H](C)C(=O)N[C@@H](C)C(=O)O)C(C)C. The lowest BCUT2D eigenvalue weighted by atomic mass is 9.96. The predicted octanol–water partition coefficient (Wildman–Crippen LogP) is -5.90. The van der Waals surface area contributed by atoms with Gasteiger partial charge < -0.3 is 139 Å². The summed E-state index contributed by atoms with van der Waals surface area (Å²) in [4.78, 5) is 302. The molecule has 0 aliphatic heterocycles. The molecule has 0 saturated heterocycles. The van der Waals surface area contributed by atoms with Crippen molar-refractivity contribution in [1.29, 1.82) is 0 Å².